The summed E-state index contributed by atoms with van der Waals surface area (Å²) < 4.78 is 1.16. The maximum Gasteiger partial charge on any atom is 0.0701 e. The molecular formula is C16H25BrOS. The Morgan fingerprint density at radius 1 is 1.26 bits per heavy atom. The molecule has 1 fully saturated rings. The van der Waals surface area contributed by atoms with E-state index in [0.717, 1.165) is 16.1 Å². The van der Waals surface area contributed by atoms with Gasteiger partial charge in [-0.05, 0) is 71.0 Å². The number of hydrogen-bond donors (Lipinski definition) is 1. The molecule has 1 nitrogen and oxygen atoms in total. The summed E-state index contributed by atoms with van der Waals surface area (Å²) >= 11 is 5.23. The first kappa shape index (κ1) is 15.5. The summed E-state index contributed by atoms with van der Waals surface area (Å²) in [5, 5.41) is 10.4. The van der Waals surface area contributed by atoms with Gasteiger partial charge in [0.1, 0.15) is 0 Å². The van der Waals surface area contributed by atoms with Crippen LogP contribution in [0.25, 0.3) is 0 Å². The third kappa shape index (κ3) is 4.30. The van der Waals surface area contributed by atoms with Gasteiger partial charge in [0.05, 0.1) is 9.89 Å². The zero-order valence-electron chi connectivity index (χ0n) is 12.2. The van der Waals surface area contributed by atoms with Crippen LogP contribution in [0.3, 0.4) is 0 Å². The van der Waals surface area contributed by atoms with Crippen molar-refractivity contribution < 1.29 is 5.11 Å². The second-order valence-corrected chi connectivity index (χ2v) is 9.50. The highest BCUT2D eigenvalue weighted by molar-refractivity contribution is 9.11. The minimum Gasteiger partial charge on any atom is -0.392 e. The summed E-state index contributed by atoms with van der Waals surface area (Å²) in [7, 11) is 0. The molecule has 2 rings (SSSR count). The second-order valence-electron chi connectivity index (χ2n) is 6.96. The third-order valence-electron chi connectivity index (χ3n) is 4.58. The minimum atomic E-state index is -0.161. The number of hydrogen-bond acceptors (Lipinski definition) is 2. The van der Waals surface area contributed by atoms with E-state index in [4.69, 9.17) is 0 Å². The van der Waals surface area contributed by atoms with Gasteiger partial charge in [0, 0.05) is 11.3 Å². The molecule has 108 valence electrons. The van der Waals surface area contributed by atoms with E-state index in [1.807, 2.05) is 0 Å². The lowest BCUT2D eigenvalue weighted by atomic mass is 9.68. The fourth-order valence-electron chi connectivity index (χ4n) is 3.20. The molecule has 1 aliphatic carbocycles. The molecule has 0 amide bonds. The number of aliphatic hydroxyl groups is 1. The molecule has 0 radical (unpaired) electrons. The average Bonchev–Trinajstić information content (AvgIpc) is 2.74. The van der Waals surface area contributed by atoms with Crippen LogP contribution in [0.5, 0.6) is 0 Å². The van der Waals surface area contributed by atoms with Crippen LogP contribution >= 0.6 is 27.3 Å². The molecule has 1 aliphatic rings. The van der Waals surface area contributed by atoms with E-state index in [-0.39, 0.29) is 6.10 Å². The SMILES string of the molecule is CC(C)(C)C1CCC(C(O)Cc2ccc(Br)s2)CC1. The number of rotatable bonds is 3. The van der Waals surface area contributed by atoms with Gasteiger partial charge in [0.2, 0.25) is 0 Å². The van der Waals surface area contributed by atoms with Crippen LogP contribution in [0.4, 0.5) is 0 Å². The van der Waals surface area contributed by atoms with E-state index in [1.165, 1.54) is 30.6 Å². The standard InChI is InChI=1S/C16H25BrOS/c1-16(2,3)12-6-4-11(5-7-12)14(18)10-13-8-9-15(17)19-13/h8-9,11-12,14,18H,4-7,10H2,1-3H3. The van der Waals surface area contributed by atoms with Gasteiger partial charge in [-0.3, -0.25) is 0 Å². The Bertz CT molecular complexity index is 399. The van der Waals surface area contributed by atoms with E-state index in [9.17, 15) is 5.11 Å². The molecule has 0 spiro atoms. The smallest absolute Gasteiger partial charge is 0.0701 e. The molecule has 0 aliphatic heterocycles. The summed E-state index contributed by atoms with van der Waals surface area (Å²) in [4.78, 5) is 1.29. The predicted molar refractivity (Wildman–Crippen MR) is 86.6 cm³/mol. The molecule has 1 saturated carbocycles. The Kier molecular flexibility index (Phi) is 5.13. The van der Waals surface area contributed by atoms with E-state index >= 15 is 0 Å². The lowest BCUT2D eigenvalue weighted by molar-refractivity contribution is 0.0542. The molecule has 19 heavy (non-hydrogen) atoms. The summed E-state index contributed by atoms with van der Waals surface area (Å²) in [6.45, 7) is 7.03. The van der Waals surface area contributed by atoms with Crippen molar-refractivity contribution in [1.82, 2.24) is 0 Å². The van der Waals surface area contributed by atoms with Crippen molar-refractivity contribution >= 4 is 27.3 Å². The van der Waals surface area contributed by atoms with Gasteiger partial charge < -0.3 is 5.11 Å². The first-order valence-corrected chi connectivity index (χ1v) is 8.89. The Hall–Kier alpha value is 0.140. The third-order valence-corrected chi connectivity index (χ3v) is 6.23. The quantitative estimate of drug-likeness (QED) is 0.792. The lowest BCUT2D eigenvalue weighted by Crippen LogP contribution is -2.31. The molecule has 1 N–H and O–H groups in total. The van der Waals surface area contributed by atoms with Gasteiger partial charge >= 0.3 is 0 Å². The first-order valence-electron chi connectivity index (χ1n) is 7.28. The number of aliphatic hydroxyl groups excluding tert-OH is 1. The van der Waals surface area contributed by atoms with E-state index in [1.54, 1.807) is 11.3 Å². The van der Waals surface area contributed by atoms with Crippen molar-refractivity contribution in [3.63, 3.8) is 0 Å². The Morgan fingerprint density at radius 2 is 1.89 bits per heavy atom. The van der Waals surface area contributed by atoms with Gasteiger partial charge in [-0.2, -0.15) is 0 Å². The van der Waals surface area contributed by atoms with Crippen molar-refractivity contribution in [2.45, 2.75) is 59.0 Å². The van der Waals surface area contributed by atoms with Gasteiger partial charge in [-0.1, -0.05) is 20.8 Å². The average molecular weight is 345 g/mol. The van der Waals surface area contributed by atoms with Crippen LogP contribution in [-0.2, 0) is 6.42 Å². The molecule has 3 heteroatoms. The van der Waals surface area contributed by atoms with Crippen molar-refractivity contribution in [3.8, 4) is 0 Å². The van der Waals surface area contributed by atoms with Gasteiger partial charge in [0.15, 0.2) is 0 Å². The zero-order valence-corrected chi connectivity index (χ0v) is 14.6. The molecule has 1 unspecified atom stereocenters. The maximum absolute atomic E-state index is 10.4. The largest absolute Gasteiger partial charge is 0.392 e. The van der Waals surface area contributed by atoms with Crippen molar-refractivity contribution in [2.75, 3.05) is 0 Å². The van der Waals surface area contributed by atoms with Crippen LogP contribution in [0.15, 0.2) is 15.9 Å². The Morgan fingerprint density at radius 3 is 2.37 bits per heavy atom. The highest BCUT2D eigenvalue weighted by Crippen LogP contribution is 2.41. The normalized spacial score (nSPS) is 26.4. The van der Waals surface area contributed by atoms with Crippen molar-refractivity contribution in [3.05, 3.63) is 20.8 Å². The summed E-state index contributed by atoms with van der Waals surface area (Å²) in [5.74, 6) is 1.33. The van der Waals surface area contributed by atoms with Crippen LogP contribution in [-0.4, -0.2) is 11.2 Å². The fraction of sp³-hybridized carbons (Fsp3) is 0.750. The molecule has 1 aromatic rings. The maximum atomic E-state index is 10.4. The molecule has 0 saturated heterocycles. The molecule has 1 heterocycles. The summed E-state index contributed by atoms with van der Waals surface area (Å²) in [6.07, 6.45) is 5.59. The molecule has 0 aromatic carbocycles. The fourth-order valence-corrected chi connectivity index (χ4v) is 4.74. The summed E-state index contributed by atoms with van der Waals surface area (Å²) in [5.41, 5.74) is 0.425. The molecule has 0 bridgehead atoms. The van der Waals surface area contributed by atoms with Crippen molar-refractivity contribution in [2.24, 2.45) is 17.3 Å². The van der Waals surface area contributed by atoms with Gasteiger partial charge in [-0.15, -0.1) is 11.3 Å². The lowest BCUT2D eigenvalue weighted by Gasteiger charge is -2.38. The Labute approximate surface area is 129 Å². The predicted octanol–water partition coefficient (Wildman–Crippen LogP) is 5.27. The van der Waals surface area contributed by atoms with Crippen LogP contribution in [0.2, 0.25) is 0 Å². The Balaban J connectivity index is 1.84. The summed E-state index contributed by atoms with van der Waals surface area (Å²) in [6, 6.07) is 4.20. The molecule has 1 atom stereocenters. The van der Waals surface area contributed by atoms with Crippen molar-refractivity contribution in [1.29, 1.82) is 0 Å². The molecular weight excluding hydrogens is 320 g/mol. The van der Waals surface area contributed by atoms with Crippen LogP contribution in [0, 0.1) is 17.3 Å². The zero-order chi connectivity index (χ0) is 14.0. The number of thiophene rings is 1. The first-order chi connectivity index (χ1) is 8.86. The van der Waals surface area contributed by atoms with E-state index < -0.39 is 0 Å². The van der Waals surface area contributed by atoms with Gasteiger partial charge in [-0.25, -0.2) is 0 Å². The monoisotopic (exact) mass is 344 g/mol. The highest BCUT2D eigenvalue weighted by Gasteiger charge is 2.32. The second kappa shape index (κ2) is 6.28. The van der Waals surface area contributed by atoms with Crippen LogP contribution in [0.1, 0.15) is 51.3 Å². The molecule has 1 aromatic heterocycles. The topological polar surface area (TPSA) is 20.2 Å². The van der Waals surface area contributed by atoms with E-state index in [2.05, 4.69) is 48.8 Å². The number of halogens is 1. The van der Waals surface area contributed by atoms with E-state index in [0.29, 0.717) is 11.3 Å². The minimum absolute atomic E-state index is 0.161. The van der Waals surface area contributed by atoms with Crippen LogP contribution < -0.4 is 0 Å². The van der Waals surface area contributed by atoms with Gasteiger partial charge in [0.25, 0.3) is 0 Å². The highest BCUT2D eigenvalue weighted by atomic mass is 79.9.